The summed E-state index contributed by atoms with van der Waals surface area (Å²) in [5.41, 5.74) is 24.3. The fraction of sp³-hybridized carbons (Fsp3) is 0. The van der Waals surface area contributed by atoms with Crippen LogP contribution in [0.4, 0.5) is 0 Å². The van der Waals surface area contributed by atoms with Crippen molar-refractivity contribution in [3.8, 4) is 44.8 Å². The van der Waals surface area contributed by atoms with Crippen molar-refractivity contribution in [1.82, 2.24) is 9.13 Å². The van der Waals surface area contributed by atoms with Crippen LogP contribution in [0.2, 0.25) is 0 Å². The summed E-state index contributed by atoms with van der Waals surface area (Å²) in [6.45, 7) is 0. The van der Waals surface area contributed by atoms with Gasteiger partial charge in [0, 0.05) is 38.4 Å². The van der Waals surface area contributed by atoms with Crippen LogP contribution in [0.3, 0.4) is 0 Å². The maximum absolute atomic E-state index is 2.60. The third kappa shape index (κ3) is 5.21. The van der Waals surface area contributed by atoms with Gasteiger partial charge in [0.05, 0.1) is 16.7 Å². The largest absolute Gasteiger partial charge is 0.310 e. The second-order valence-electron chi connectivity index (χ2n) is 15.9. The summed E-state index contributed by atoms with van der Waals surface area (Å²) >= 11 is 0. The Bertz CT molecular complexity index is 3240. The Morgan fingerprint density at radius 2 is 0.877 bits per heavy atom. The van der Waals surface area contributed by atoms with Crippen LogP contribution in [-0.4, -0.2) is 64.1 Å². The zero-order valence-corrected chi connectivity index (χ0v) is 33.8. The number of nitrogens with zero attached hydrogens (tertiary/aromatic N) is 2. The first-order valence-electron chi connectivity index (χ1n) is 20.1. The number of para-hydroxylation sites is 2. The molecule has 0 bridgehead atoms. The first kappa shape index (κ1) is 35.2. The third-order valence-corrected chi connectivity index (χ3v) is 13.0. The molecule has 10 rings (SSSR count). The van der Waals surface area contributed by atoms with Gasteiger partial charge in [-0.2, -0.15) is 0 Å². The van der Waals surface area contributed by atoms with E-state index in [0.29, 0.717) is 0 Å². The van der Waals surface area contributed by atoms with Gasteiger partial charge in [0.1, 0.15) is 54.9 Å². The standard InChI is InChI=1S/C48H39B7N2/c49-40-36(28-23-24-34-32(25-28)37-31(27-15-6-2-7-16-27)20-12-22-35(37)56(34)29-17-8-3-9-18-29)41(50)45(54)47-38(40)39-42(51)43(52)44(53)46(55)48(39)57(47)33-21-11-10-19-30(33)26-13-4-1-5-14-26/h1-25H,49-55H2. The second kappa shape index (κ2) is 13.5. The van der Waals surface area contributed by atoms with E-state index in [1.165, 1.54) is 127 Å². The molecule has 9 heteroatoms. The van der Waals surface area contributed by atoms with Crippen molar-refractivity contribution in [3.63, 3.8) is 0 Å². The number of fused-ring (bicyclic) bond motifs is 6. The Morgan fingerprint density at radius 3 is 1.56 bits per heavy atom. The van der Waals surface area contributed by atoms with Gasteiger partial charge in [-0.3, -0.25) is 0 Å². The van der Waals surface area contributed by atoms with E-state index in [0.717, 1.165) is 0 Å². The Labute approximate surface area is 340 Å². The molecule has 262 valence electrons. The smallest absolute Gasteiger partial charge is 0.141 e. The summed E-state index contributed by atoms with van der Waals surface area (Å²) < 4.78 is 5.04. The van der Waals surface area contributed by atoms with Crippen LogP contribution in [-0.2, 0) is 0 Å². The van der Waals surface area contributed by atoms with Crippen molar-refractivity contribution in [2.45, 2.75) is 0 Å². The highest BCUT2D eigenvalue weighted by atomic mass is 15.0. The van der Waals surface area contributed by atoms with Gasteiger partial charge in [0.15, 0.2) is 0 Å². The Hall–Kier alpha value is -6.19. The molecule has 0 aliphatic carbocycles. The van der Waals surface area contributed by atoms with Crippen LogP contribution < -0.4 is 38.2 Å². The van der Waals surface area contributed by atoms with Crippen LogP contribution in [0.15, 0.2) is 152 Å². The number of rotatable bonds is 5. The van der Waals surface area contributed by atoms with Gasteiger partial charge >= 0.3 is 0 Å². The molecule has 2 nitrogen and oxygen atoms in total. The minimum absolute atomic E-state index is 1.17. The van der Waals surface area contributed by atoms with Crippen LogP contribution in [0.25, 0.3) is 88.4 Å². The lowest BCUT2D eigenvalue weighted by Gasteiger charge is -2.20. The fourth-order valence-electron chi connectivity index (χ4n) is 9.86. The Kier molecular flexibility index (Phi) is 8.34. The zero-order valence-electron chi connectivity index (χ0n) is 33.8. The summed E-state index contributed by atoms with van der Waals surface area (Å²) in [5.74, 6) is 0. The predicted molar refractivity (Wildman–Crippen MR) is 269 cm³/mol. The van der Waals surface area contributed by atoms with E-state index in [1.54, 1.807) is 0 Å². The SMILES string of the molecule is Bc1c(B)c(B)c2c(c1B)c1c(B)c(-c3ccc4c(c3)c3c(-c5ccccc5)cccc3n4-c3ccccc3)c(B)c(B)c1n2-c1ccccc1-c1ccccc1. The topological polar surface area (TPSA) is 9.86 Å². The minimum Gasteiger partial charge on any atom is -0.310 e. The van der Waals surface area contributed by atoms with Gasteiger partial charge < -0.3 is 9.13 Å². The molecule has 0 aliphatic rings. The van der Waals surface area contributed by atoms with Gasteiger partial charge in [-0.15, -0.1) is 5.46 Å². The van der Waals surface area contributed by atoms with E-state index in [4.69, 9.17) is 0 Å². The molecule has 57 heavy (non-hydrogen) atoms. The van der Waals surface area contributed by atoms with Crippen molar-refractivity contribution in [2.24, 2.45) is 0 Å². The number of benzene rings is 8. The quantitative estimate of drug-likeness (QED) is 0.232. The fourth-order valence-corrected chi connectivity index (χ4v) is 9.86. The number of aromatic nitrogens is 2. The Morgan fingerprint density at radius 1 is 0.333 bits per heavy atom. The van der Waals surface area contributed by atoms with E-state index in [1.807, 2.05) is 0 Å². The van der Waals surface area contributed by atoms with E-state index >= 15 is 0 Å². The van der Waals surface area contributed by atoms with Gasteiger partial charge in [-0.1, -0.05) is 148 Å². The van der Waals surface area contributed by atoms with Crippen molar-refractivity contribution in [3.05, 3.63) is 152 Å². The zero-order chi connectivity index (χ0) is 39.1. The molecule has 0 aliphatic heterocycles. The second-order valence-corrected chi connectivity index (χ2v) is 15.9. The third-order valence-electron chi connectivity index (χ3n) is 13.0. The first-order valence-corrected chi connectivity index (χ1v) is 20.1. The highest BCUT2D eigenvalue weighted by Gasteiger charge is 2.26. The molecule has 0 spiro atoms. The summed E-state index contributed by atoms with van der Waals surface area (Å²) in [4.78, 5) is 0. The van der Waals surface area contributed by atoms with Crippen LogP contribution in [0.5, 0.6) is 0 Å². The average molecular weight is 720 g/mol. The molecule has 2 aromatic heterocycles. The molecule has 0 saturated heterocycles. The molecule has 0 N–H and O–H groups in total. The highest BCUT2D eigenvalue weighted by Crippen LogP contribution is 2.40. The molecule has 0 saturated carbocycles. The maximum atomic E-state index is 2.60. The van der Waals surface area contributed by atoms with Crippen LogP contribution in [0.1, 0.15) is 0 Å². The van der Waals surface area contributed by atoms with Crippen LogP contribution >= 0.6 is 0 Å². The van der Waals surface area contributed by atoms with E-state index in [-0.39, 0.29) is 0 Å². The highest BCUT2D eigenvalue weighted by molar-refractivity contribution is 6.69. The average Bonchev–Trinajstić information content (AvgIpc) is 3.79. The van der Waals surface area contributed by atoms with Crippen molar-refractivity contribution in [1.29, 1.82) is 0 Å². The molecular weight excluding hydrogens is 680 g/mol. The number of hydrogen-bond acceptors (Lipinski definition) is 0. The lowest BCUT2D eigenvalue weighted by Crippen LogP contribution is -2.48. The molecule has 2 heterocycles. The van der Waals surface area contributed by atoms with Gasteiger partial charge in [0.2, 0.25) is 0 Å². The molecule has 0 atom stereocenters. The number of hydrogen-bond donors (Lipinski definition) is 0. The molecule has 0 amide bonds. The lowest BCUT2D eigenvalue weighted by molar-refractivity contribution is 1.18. The van der Waals surface area contributed by atoms with Crippen molar-refractivity contribution >= 4 is 137 Å². The predicted octanol–water partition coefficient (Wildman–Crippen LogP) is 0.691. The molecule has 0 unspecified atom stereocenters. The lowest BCUT2D eigenvalue weighted by atomic mass is 9.64. The molecule has 0 fully saturated rings. The minimum atomic E-state index is 1.17. The summed E-state index contributed by atoms with van der Waals surface area (Å²) in [5, 5.41) is 5.26. The molecular formula is C48H39B7N2. The summed E-state index contributed by atoms with van der Waals surface area (Å²) in [6.07, 6.45) is 0. The molecule has 10 aromatic rings. The van der Waals surface area contributed by atoms with Gasteiger partial charge in [-0.25, -0.2) is 0 Å². The van der Waals surface area contributed by atoms with Crippen molar-refractivity contribution in [2.75, 3.05) is 0 Å². The molecule has 8 aromatic carbocycles. The van der Waals surface area contributed by atoms with E-state index in [9.17, 15) is 0 Å². The summed E-state index contributed by atoms with van der Waals surface area (Å²) in [6, 6.07) is 55.4. The van der Waals surface area contributed by atoms with E-state index < -0.39 is 0 Å². The maximum Gasteiger partial charge on any atom is 0.141 e. The monoisotopic (exact) mass is 720 g/mol. The molecule has 0 radical (unpaired) electrons. The Balaban J connectivity index is 1.33. The van der Waals surface area contributed by atoms with Gasteiger partial charge in [-0.05, 0) is 69.6 Å². The van der Waals surface area contributed by atoms with Gasteiger partial charge in [0.25, 0.3) is 0 Å². The summed E-state index contributed by atoms with van der Waals surface area (Å²) in [7, 11) is 16.3. The van der Waals surface area contributed by atoms with Crippen molar-refractivity contribution < 1.29 is 0 Å². The normalized spacial score (nSPS) is 11.6. The van der Waals surface area contributed by atoms with E-state index in [2.05, 4.69) is 216 Å². The van der Waals surface area contributed by atoms with Crippen LogP contribution in [0, 0.1) is 0 Å². The first-order chi connectivity index (χ1) is 27.8.